The summed E-state index contributed by atoms with van der Waals surface area (Å²) in [7, 11) is 0. The number of furan rings is 1. The highest BCUT2D eigenvalue weighted by Gasteiger charge is 2.05. The molecule has 1 rings (SSSR count). The average molecular weight is 222 g/mol. The number of carbonyl (C=O) groups is 1. The second-order valence-corrected chi connectivity index (χ2v) is 4.34. The van der Waals surface area contributed by atoms with Crippen LogP contribution in [0.15, 0.2) is 16.5 Å². The first-order valence-electron chi connectivity index (χ1n) is 6.33. The predicted octanol–water partition coefficient (Wildman–Crippen LogP) is 4.39. The van der Waals surface area contributed by atoms with E-state index in [-0.39, 0.29) is 5.78 Å². The normalized spacial score (nSPS) is 10.6. The fourth-order valence-corrected chi connectivity index (χ4v) is 1.78. The number of hydrogen-bond donors (Lipinski definition) is 0. The molecule has 0 aliphatic heterocycles. The number of ketones is 1. The van der Waals surface area contributed by atoms with Crippen LogP contribution in [0.25, 0.3) is 0 Å². The van der Waals surface area contributed by atoms with Crippen molar-refractivity contribution in [1.82, 2.24) is 0 Å². The lowest BCUT2D eigenvalue weighted by Gasteiger charge is -1.99. The number of carbonyl (C=O) groups excluding carboxylic acids is 1. The van der Waals surface area contributed by atoms with Crippen molar-refractivity contribution in [3.63, 3.8) is 0 Å². The van der Waals surface area contributed by atoms with Crippen LogP contribution in [0.2, 0.25) is 0 Å². The Kier molecular flexibility index (Phi) is 5.91. The van der Waals surface area contributed by atoms with Crippen molar-refractivity contribution in [3.05, 3.63) is 23.7 Å². The molecular formula is C14H22O2. The standard InChI is InChI=1S/C14H22O2/c1-3-4-5-6-7-8-9-13-10-11-14(16-13)12(2)15/h10-11H,3-9H2,1-2H3. The highest BCUT2D eigenvalue weighted by atomic mass is 16.3. The molecule has 0 saturated heterocycles. The van der Waals surface area contributed by atoms with E-state index in [1.165, 1.54) is 39.0 Å². The molecule has 90 valence electrons. The van der Waals surface area contributed by atoms with Gasteiger partial charge >= 0.3 is 0 Å². The van der Waals surface area contributed by atoms with Crippen molar-refractivity contribution in [2.45, 2.75) is 58.8 Å². The highest BCUT2D eigenvalue weighted by Crippen LogP contribution is 2.13. The van der Waals surface area contributed by atoms with Crippen molar-refractivity contribution in [3.8, 4) is 0 Å². The topological polar surface area (TPSA) is 30.2 Å². The lowest BCUT2D eigenvalue weighted by Crippen LogP contribution is -1.87. The molecule has 0 spiro atoms. The third kappa shape index (κ3) is 4.65. The van der Waals surface area contributed by atoms with Crippen LogP contribution in [0.5, 0.6) is 0 Å². The van der Waals surface area contributed by atoms with E-state index in [2.05, 4.69) is 6.92 Å². The summed E-state index contributed by atoms with van der Waals surface area (Å²) < 4.78 is 5.42. The third-order valence-corrected chi connectivity index (χ3v) is 2.79. The maximum atomic E-state index is 11.0. The number of aryl methyl sites for hydroxylation is 1. The third-order valence-electron chi connectivity index (χ3n) is 2.79. The van der Waals surface area contributed by atoms with E-state index in [0.29, 0.717) is 5.76 Å². The van der Waals surface area contributed by atoms with E-state index < -0.39 is 0 Å². The van der Waals surface area contributed by atoms with Crippen molar-refractivity contribution in [2.24, 2.45) is 0 Å². The summed E-state index contributed by atoms with van der Waals surface area (Å²) in [4.78, 5) is 11.0. The van der Waals surface area contributed by atoms with Gasteiger partial charge in [0.2, 0.25) is 0 Å². The van der Waals surface area contributed by atoms with E-state index in [1.807, 2.05) is 6.07 Å². The SMILES string of the molecule is CCCCCCCCc1ccc(C(C)=O)o1. The second-order valence-electron chi connectivity index (χ2n) is 4.34. The second kappa shape index (κ2) is 7.26. The lowest BCUT2D eigenvalue weighted by molar-refractivity contribution is 0.0985. The van der Waals surface area contributed by atoms with Crippen molar-refractivity contribution >= 4 is 5.78 Å². The molecule has 1 heterocycles. The number of Topliss-reactive ketones (excluding diaryl/α,β-unsaturated/α-hetero) is 1. The number of rotatable bonds is 8. The molecule has 0 radical (unpaired) electrons. The van der Waals surface area contributed by atoms with Gasteiger partial charge in [-0.25, -0.2) is 0 Å². The molecule has 0 aliphatic carbocycles. The molecule has 2 heteroatoms. The van der Waals surface area contributed by atoms with Gasteiger partial charge in [0.25, 0.3) is 0 Å². The molecule has 2 nitrogen and oxygen atoms in total. The van der Waals surface area contributed by atoms with Gasteiger partial charge in [-0.2, -0.15) is 0 Å². The zero-order chi connectivity index (χ0) is 11.8. The Morgan fingerprint density at radius 1 is 1.12 bits per heavy atom. The smallest absolute Gasteiger partial charge is 0.194 e. The summed E-state index contributed by atoms with van der Waals surface area (Å²) >= 11 is 0. The van der Waals surface area contributed by atoms with Crippen LogP contribution in [0, 0.1) is 0 Å². The fourth-order valence-electron chi connectivity index (χ4n) is 1.78. The quantitative estimate of drug-likeness (QED) is 0.482. The van der Waals surface area contributed by atoms with Gasteiger partial charge in [-0.05, 0) is 18.6 Å². The van der Waals surface area contributed by atoms with Gasteiger partial charge in [0, 0.05) is 13.3 Å². The van der Waals surface area contributed by atoms with E-state index >= 15 is 0 Å². The van der Waals surface area contributed by atoms with Crippen molar-refractivity contribution in [1.29, 1.82) is 0 Å². The summed E-state index contributed by atoms with van der Waals surface area (Å²) in [6.45, 7) is 3.76. The lowest BCUT2D eigenvalue weighted by atomic mass is 10.1. The molecule has 1 aromatic rings. The maximum absolute atomic E-state index is 11.0. The van der Waals surface area contributed by atoms with Gasteiger partial charge in [-0.3, -0.25) is 4.79 Å². The van der Waals surface area contributed by atoms with Gasteiger partial charge in [-0.15, -0.1) is 0 Å². The molecule has 0 aliphatic rings. The molecule has 0 saturated carbocycles. The zero-order valence-corrected chi connectivity index (χ0v) is 10.4. The molecule has 0 atom stereocenters. The van der Waals surface area contributed by atoms with E-state index in [1.54, 1.807) is 6.07 Å². The highest BCUT2D eigenvalue weighted by molar-refractivity contribution is 5.91. The summed E-state index contributed by atoms with van der Waals surface area (Å²) in [5.74, 6) is 1.44. The minimum absolute atomic E-state index is 0.00851. The fraction of sp³-hybridized carbons (Fsp3) is 0.643. The van der Waals surface area contributed by atoms with Crippen LogP contribution in [0.3, 0.4) is 0 Å². The number of unbranched alkanes of at least 4 members (excludes halogenated alkanes) is 5. The first-order chi connectivity index (χ1) is 7.74. The van der Waals surface area contributed by atoms with Crippen LogP contribution >= 0.6 is 0 Å². The van der Waals surface area contributed by atoms with Crippen LogP contribution in [0.4, 0.5) is 0 Å². The van der Waals surface area contributed by atoms with Gasteiger partial charge in [0.1, 0.15) is 5.76 Å². The molecule has 0 unspecified atom stereocenters. The Morgan fingerprint density at radius 2 is 1.81 bits per heavy atom. The largest absolute Gasteiger partial charge is 0.458 e. The average Bonchev–Trinajstić information content (AvgIpc) is 2.72. The zero-order valence-electron chi connectivity index (χ0n) is 10.4. The van der Waals surface area contributed by atoms with Crippen LogP contribution in [-0.2, 0) is 6.42 Å². The molecule has 16 heavy (non-hydrogen) atoms. The van der Waals surface area contributed by atoms with Gasteiger partial charge in [-0.1, -0.05) is 39.0 Å². The Morgan fingerprint density at radius 3 is 2.44 bits per heavy atom. The molecule has 0 aromatic carbocycles. The Bertz CT molecular complexity index is 312. The van der Waals surface area contributed by atoms with E-state index in [4.69, 9.17) is 4.42 Å². The van der Waals surface area contributed by atoms with Crippen molar-refractivity contribution in [2.75, 3.05) is 0 Å². The minimum atomic E-state index is 0.00851. The molecular weight excluding hydrogens is 200 g/mol. The Labute approximate surface area is 98.0 Å². The molecule has 1 aromatic heterocycles. The minimum Gasteiger partial charge on any atom is -0.458 e. The first kappa shape index (κ1) is 13.0. The number of hydrogen-bond acceptors (Lipinski definition) is 2. The molecule has 0 fully saturated rings. The summed E-state index contributed by atoms with van der Waals surface area (Å²) in [5, 5.41) is 0. The summed E-state index contributed by atoms with van der Waals surface area (Å²) in [5.41, 5.74) is 0. The predicted molar refractivity (Wildman–Crippen MR) is 65.8 cm³/mol. The van der Waals surface area contributed by atoms with Crippen LogP contribution < -0.4 is 0 Å². The Balaban J connectivity index is 2.14. The summed E-state index contributed by atoms with van der Waals surface area (Å²) in [6, 6.07) is 3.69. The van der Waals surface area contributed by atoms with Crippen molar-refractivity contribution < 1.29 is 9.21 Å². The first-order valence-corrected chi connectivity index (χ1v) is 6.33. The van der Waals surface area contributed by atoms with Gasteiger partial charge in [0.15, 0.2) is 11.5 Å². The summed E-state index contributed by atoms with van der Waals surface area (Å²) in [6.07, 6.45) is 8.67. The molecule has 0 bridgehead atoms. The van der Waals surface area contributed by atoms with Gasteiger partial charge < -0.3 is 4.42 Å². The van der Waals surface area contributed by atoms with E-state index in [9.17, 15) is 4.79 Å². The van der Waals surface area contributed by atoms with E-state index in [0.717, 1.165) is 18.6 Å². The van der Waals surface area contributed by atoms with Gasteiger partial charge in [0.05, 0.1) is 0 Å². The molecule has 0 N–H and O–H groups in total. The van der Waals surface area contributed by atoms with Crippen LogP contribution in [-0.4, -0.2) is 5.78 Å². The molecule has 0 amide bonds. The monoisotopic (exact) mass is 222 g/mol. The maximum Gasteiger partial charge on any atom is 0.194 e. The van der Waals surface area contributed by atoms with Crippen LogP contribution in [0.1, 0.15) is 68.7 Å². The Hall–Kier alpha value is -1.05.